The quantitative estimate of drug-likeness (QED) is 0.940. The second-order valence-electron chi connectivity index (χ2n) is 3.48. The number of aromatic nitrogens is 2. The molecule has 1 aromatic heterocycles. The van der Waals surface area contributed by atoms with Crippen molar-refractivity contribution in [1.82, 2.24) is 15.5 Å². The second-order valence-corrected chi connectivity index (χ2v) is 4.39. The van der Waals surface area contributed by atoms with Gasteiger partial charge in [-0.05, 0) is 26.1 Å². The minimum absolute atomic E-state index is 0.0633. The highest BCUT2D eigenvalue weighted by Gasteiger charge is 2.13. The van der Waals surface area contributed by atoms with Crippen molar-refractivity contribution >= 4 is 15.9 Å². The minimum Gasteiger partial charge on any atom is -0.337 e. The van der Waals surface area contributed by atoms with Gasteiger partial charge in [0, 0.05) is 10.0 Å². The van der Waals surface area contributed by atoms with Gasteiger partial charge in [-0.15, -0.1) is 0 Å². The lowest BCUT2D eigenvalue weighted by Crippen LogP contribution is -2.12. The van der Waals surface area contributed by atoms with E-state index in [-0.39, 0.29) is 6.04 Å². The Balaban J connectivity index is 2.31. The van der Waals surface area contributed by atoms with Crippen LogP contribution in [0.25, 0.3) is 11.4 Å². The molecule has 4 nitrogen and oxygen atoms in total. The molecule has 16 heavy (non-hydrogen) atoms. The van der Waals surface area contributed by atoms with Gasteiger partial charge >= 0.3 is 0 Å². The number of halogens is 1. The van der Waals surface area contributed by atoms with Gasteiger partial charge in [-0.1, -0.05) is 33.2 Å². The third kappa shape index (κ3) is 2.31. The number of hydrogen-bond donors (Lipinski definition) is 1. The number of hydrogen-bond acceptors (Lipinski definition) is 4. The molecule has 0 amide bonds. The fraction of sp³-hybridized carbons (Fsp3) is 0.273. The Hall–Kier alpha value is -1.20. The van der Waals surface area contributed by atoms with E-state index in [2.05, 4.69) is 31.4 Å². The Morgan fingerprint density at radius 3 is 2.94 bits per heavy atom. The van der Waals surface area contributed by atoms with Crippen molar-refractivity contribution in [2.75, 3.05) is 7.05 Å². The van der Waals surface area contributed by atoms with Crippen LogP contribution in [0.15, 0.2) is 33.3 Å². The van der Waals surface area contributed by atoms with Crippen LogP contribution in [0.4, 0.5) is 0 Å². The maximum Gasteiger partial charge on any atom is 0.243 e. The molecule has 1 atom stereocenters. The molecule has 0 radical (unpaired) electrons. The summed E-state index contributed by atoms with van der Waals surface area (Å²) in [5.41, 5.74) is 0.938. The lowest BCUT2D eigenvalue weighted by molar-refractivity contribution is 0.347. The van der Waals surface area contributed by atoms with Crippen LogP contribution in [0.2, 0.25) is 0 Å². The molecule has 0 saturated heterocycles. The molecular weight excluding hydrogens is 270 g/mol. The van der Waals surface area contributed by atoms with E-state index in [4.69, 9.17) is 4.52 Å². The van der Waals surface area contributed by atoms with Crippen LogP contribution in [0.3, 0.4) is 0 Å². The average molecular weight is 282 g/mol. The highest BCUT2D eigenvalue weighted by Crippen LogP contribution is 2.21. The number of nitrogens with one attached hydrogen (secondary N) is 1. The zero-order valence-electron chi connectivity index (χ0n) is 9.07. The normalized spacial score (nSPS) is 12.7. The van der Waals surface area contributed by atoms with E-state index in [1.807, 2.05) is 38.2 Å². The zero-order valence-corrected chi connectivity index (χ0v) is 10.7. The first-order chi connectivity index (χ1) is 7.70. The molecule has 0 fully saturated rings. The molecule has 2 rings (SSSR count). The van der Waals surface area contributed by atoms with E-state index < -0.39 is 0 Å². The van der Waals surface area contributed by atoms with E-state index in [1.165, 1.54) is 0 Å². The molecule has 0 aliphatic heterocycles. The fourth-order valence-corrected chi connectivity index (χ4v) is 1.68. The maximum atomic E-state index is 5.17. The second kappa shape index (κ2) is 4.76. The van der Waals surface area contributed by atoms with Crippen LogP contribution < -0.4 is 5.32 Å². The number of nitrogens with zero attached hydrogens (tertiary/aromatic N) is 2. The van der Waals surface area contributed by atoms with Crippen LogP contribution in [0.5, 0.6) is 0 Å². The first-order valence-corrected chi connectivity index (χ1v) is 5.77. The standard InChI is InChI=1S/C11H12BrN3O/c1-7(13-2)11-14-10(15-16-11)8-4-3-5-9(12)6-8/h3-7,13H,1-2H3. The molecule has 2 aromatic rings. The maximum absolute atomic E-state index is 5.17. The highest BCUT2D eigenvalue weighted by atomic mass is 79.9. The fourth-order valence-electron chi connectivity index (χ4n) is 1.28. The molecule has 0 saturated carbocycles. The first kappa shape index (κ1) is 11.3. The Morgan fingerprint density at radius 1 is 1.44 bits per heavy atom. The molecule has 0 aliphatic rings. The number of benzene rings is 1. The molecular formula is C11H12BrN3O. The summed E-state index contributed by atoms with van der Waals surface area (Å²) in [6.07, 6.45) is 0. The SMILES string of the molecule is CNC(C)c1nc(-c2cccc(Br)c2)no1. The van der Waals surface area contributed by atoms with E-state index in [0.29, 0.717) is 11.7 Å². The highest BCUT2D eigenvalue weighted by molar-refractivity contribution is 9.10. The summed E-state index contributed by atoms with van der Waals surface area (Å²) in [4.78, 5) is 4.33. The van der Waals surface area contributed by atoms with Gasteiger partial charge in [0.25, 0.3) is 0 Å². The van der Waals surface area contributed by atoms with Gasteiger partial charge in [-0.3, -0.25) is 0 Å². The Labute approximate surface area is 102 Å². The molecule has 1 heterocycles. The zero-order chi connectivity index (χ0) is 11.5. The van der Waals surface area contributed by atoms with Crippen molar-refractivity contribution in [3.05, 3.63) is 34.6 Å². The summed E-state index contributed by atoms with van der Waals surface area (Å²) in [5, 5.41) is 7.00. The third-order valence-electron chi connectivity index (χ3n) is 2.33. The van der Waals surface area contributed by atoms with Gasteiger partial charge < -0.3 is 9.84 Å². The van der Waals surface area contributed by atoms with Crippen LogP contribution in [0.1, 0.15) is 18.9 Å². The minimum atomic E-state index is 0.0633. The Bertz CT molecular complexity index is 484. The molecule has 0 spiro atoms. The topological polar surface area (TPSA) is 51.0 Å². The summed E-state index contributed by atoms with van der Waals surface area (Å²) < 4.78 is 6.17. The average Bonchev–Trinajstić information content (AvgIpc) is 2.77. The Kier molecular flexibility index (Phi) is 3.36. The van der Waals surface area contributed by atoms with Gasteiger partial charge in [0.05, 0.1) is 6.04 Å². The predicted molar refractivity (Wildman–Crippen MR) is 64.9 cm³/mol. The van der Waals surface area contributed by atoms with Crippen molar-refractivity contribution in [3.63, 3.8) is 0 Å². The van der Waals surface area contributed by atoms with Gasteiger partial charge in [0.1, 0.15) is 0 Å². The monoisotopic (exact) mass is 281 g/mol. The molecule has 1 N–H and O–H groups in total. The van der Waals surface area contributed by atoms with Gasteiger partial charge in [0.15, 0.2) is 0 Å². The van der Waals surface area contributed by atoms with Crippen LogP contribution in [0, 0.1) is 0 Å². The van der Waals surface area contributed by atoms with Crippen molar-refractivity contribution in [1.29, 1.82) is 0 Å². The molecule has 0 aliphatic carbocycles. The van der Waals surface area contributed by atoms with Crippen LogP contribution >= 0.6 is 15.9 Å². The lowest BCUT2D eigenvalue weighted by Gasteiger charge is -2.01. The molecule has 1 unspecified atom stereocenters. The molecule has 5 heteroatoms. The van der Waals surface area contributed by atoms with Crippen molar-refractivity contribution in [3.8, 4) is 11.4 Å². The van der Waals surface area contributed by atoms with Crippen molar-refractivity contribution < 1.29 is 4.52 Å². The van der Waals surface area contributed by atoms with Gasteiger partial charge in [0.2, 0.25) is 11.7 Å². The first-order valence-electron chi connectivity index (χ1n) is 4.97. The van der Waals surface area contributed by atoms with Crippen molar-refractivity contribution in [2.45, 2.75) is 13.0 Å². The lowest BCUT2D eigenvalue weighted by atomic mass is 10.2. The van der Waals surface area contributed by atoms with E-state index in [9.17, 15) is 0 Å². The largest absolute Gasteiger partial charge is 0.337 e. The van der Waals surface area contributed by atoms with Gasteiger partial charge in [-0.2, -0.15) is 4.98 Å². The summed E-state index contributed by atoms with van der Waals surface area (Å²) in [7, 11) is 1.85. The van der Waals surface area contributed by atoms with E-state index in [1.54, 1.807) is 0 Å². The molecule has 84 valence electrons. The number of rotatable bonds is 3. The molecule has 1 aromatic carbocycles. The summed E-state index contributed by atoms with van der Waals surface area (Å²) in [6.45, 7) is 1.97. The van der Waals surface area contributed by atoms with Crippen LogP contribution in [-0.2, 0) is 0 Å². The van der Waals surface area contributed by atoms with Gasteiger partial charge in [-0.25, -0.2) is 0 Å². The summed E-state index contributed by atoms with van der Waals surface area (Å²) in [6, 6.07) is 7.87. The Morgan fingerprint density at radius 2 is 2.25 bits per heavy atom. The van der Waals surface area contributed by atoms with E-state index >= 15 is 0 Å². The summed E-state index contributed by atoms with van der Waals surface area (Å²) >= 11 is 3.41. The third-order valence-corrected chi connectivity index (χ3v) is 2.82. The molecule has 0 bridgehead atoms. The van der Waals surface area contributed by atoms with Crippen molar-refractivity contribution in [2.24, 2.45) is 0 Å². The smallest absolute Gasteiger partial charge is 0.243 e. The van der Waals surface area contributed by atoms with E-state index in [0.717, 1.165) is 10.0 Å². The predicted octanol–water partition coefficient (Wildman–Crippen LogP) is 2.78. The van der Waals surface area contributed by atoms with Crippen LogP contribution in [-0.4, -0.2) is 17.2 Å². The summed E-state index contributed by atoms with van der Waals surface area (Å²) in [5.74, 6) is 1.20.